The van der Waals surface area contributed by atoms with Crippen LogP contribution in [0.3, 0.4) is 0 Å². The Kier molecular flexibility index (Phi) is 4.72. The molecule has 1 N–H and O–H groups in total. The fraction of sp³-hybridized carbons (Fsp3) is 0.333. The SMILES string of the molecule is C[C@H](CCc1ccccc1)NC(=O)[C@@H]1CS[C@H]2c3ccccc3C(=O)N12. The maximum atomic E-state index is 12.8. The molecule has 0 unspecified atom stereocenters. The van der Waals surface area contributed by atoms with E-state index in [2.05, 4.69) is 17.4 Å². The lowest BCUT2D eigenvalue weighted by atomic mass is 10.1. The summed E-state index contributed by atoms with van der Waals surface area (Å²) >= 11 is 1.68. The van der Waals surface area contributed by atoms with E-state index in [9.17, 15) is 9.59 Å². The highest BCUT2D eigenvalue weighted by molar-refractivity contribution is 7.99. The number of rotatable bonds is 5. The fourth-order valence-corrected chi connectivity index (χ4v) is 5.15. The number of nitrogens with zero attached hydrogens (tertiary/aromatic N) is 1. The van der Waals surface area contributed by atoms with Gasteiger partial charge >= 0.3 is 0 Å². The molecular formula is C21H22N2O2S. The van der Waals surface area contributed by atoms with E-state index in [4.69, 9.17) is 0 Å². The van der Waals surface area contributed by atoms with Crippen LogP contribution in [0.1, 0.15) is 40.2 Å². The number of nitrogens with one attached hydrogen (secondary N) is 1. The van der Waals surface area contributed by atoms with Crippen molar-refractivity contribution in [2.24, 2.45) is 0 Å². The summed E-state index contributed by atoms with van der Waals surface area (Å²) in [5.41, 5.74) is 3.05. The van der Waals surface area contributed by atoms with Crippen LogP contribution in [0.2, 0.25) is 0 Å². The Labute approximate surface area is 158 Å². The van der Waals surface area contributed by atoms with Crippen molar-refractivity contribution in [3.63, 3.8) is 0 Å². The molecule has 0 radical (unpaired) electrons. The molecule has 3 atom stereocenters. The zero-order chi connectivity index (χ0) is 18.1. The van der Waals surface area contributed by atoms with Gasteiger partial charge in [-0.3, -0.25) is 9.59 Å². The number of carbonyl (C=O) groups is 2. The molecule has 134 valence electrons. The molecule has 2 aliphatic rings. The van der Waals surface area contributed by atoms with Crippen molar-refractivity contribution in [2.45, 2.75) is 37.2 Å². The van der Waals surface area contributed by atoms with Crippen LogP contribution in [0.15, 0.2) is 54.6 Å². The number of carbonyl (C=O) groups excluding carboxylic acids is 2. The van der Waals surface area contributed by atoms with Gasteiger partial charge in [-0.05, 0) is 37.0 Å². The van der Waals surface area contributed by atoms with E-state index in [1.54, 1.807) is 16.7 Å². The lowest BCUT2D eigenvalue weighted by molar-refractivity contribution is -0.125. The van der Waals surface area contributed by atoms with E-state index in [1.807, 2.05) is 49.4 Å². The lowest BCUT2D eigenvalue weighted by Gasteiger charge is -2.24. The van der Waals surface area contributed by atoms with Crippen LogP contribution in [0.25, 0.3) is 0 Å². The first kappa shape index (κ1) is 17.2. The van der Waals surface area contributed by atoms with Crippen molar-refractivity contribution in [3.05, 3.63) is 71.3 Å². The molecule has 4 rings (SSSR count). The van der Waals surface area contributed by atoms with E-state index in [1.165, 1.54) is 5.56 Å². The van der Waals surface area contributed by atoms with Gasteiger partial charge < -0.3 is 10.2 Å². The quantitative estimate of drug-likeness (QED) is 0.882. The number of hydrogen-bond donors (Lipinski definition) is 1. The van der Waals surface area contributed by atoms with Gasteiger partial charge in [-0.15, -0.1) is 11.8 Å². The van der Waals surface area contributed by atoms with E-state index in [0.29, 0.717) is 5.75 Å². The molecule has 1 saturated heterocycles. The number of amides is 2. The van der Waals surface area contributed by atoms with Gasteiger partial charge in [0, 0.05) is 17.4 Å². The molecule has 0 aliphatic carbocycles. The van der Waals surface area contributed by atoms with Gasteiger partial charge in [-0.1, -0.05) is 48.5 Å². The monoisotopic (exact) mass is 366 g/mol. The zero-order valence-corrected chi connectivity index (χ0v) is 15.5. The molecular weight excluding hydrogens is 344 g/mol. The second-order valence-corrected chi connectivity index (χ2v) is 8.05. The summed E-state index contributed by atoms with van der Waals surface area (Å²) in [5.74, 6) is 0.594. The average molecular weight is 366 g/mol. The summed E-state index contributed by atoms with van der Waals surface area (Å²) in [6.45, 7) is 2.03. The van der Waals surface area contributed by atoms with Crippen molar-refractivity contribution in [2.75, 3.05) is 5.75 Å². The predicted octanol–water partition coefficient (Wildman–Crippen LogP) is 3.39. The third kappa shape index (κ3) is 3.12. The molecule has 2 amide bonds. The largest absolute Gasteiger partial charge is 0.352 e. The number of hydrogen-bond acceptors (Lipinski definition) is 3. The summed E-state index contributed by atoms with van der Waals surface area (Å²) in [6.07, 6.45) is 1.81. The minimum Gasteiger partial charge on any atom is -0.352 e. The first-order chi connectivity index (χ1) is 12.6. The molecule has 0 saturated carbocycles. The molecule has 2 heterocycles. The van der Waals surface area contributed by atoms with Gasteiger partial charge in [-0.25, -0.2) is 0 Å². The van der Waals surface area contributed by atoms with E-state index < -0.39 is 0 Å². The maximum Gasteiger partial charge on any atom is 0.256 e. The van der Waals surface area contributed by atoms with E-state index in [0.717, 1.165) is 24.0 Å². The van der Waals surface area contributed by atoms with Gasteiger partial charge in [0.05, 0.1) is 0 Å². The summed E-state index contributed by atoms with van der Waals surface area (Å²) < 4.78 is 0. The summed E-state index contributed by atoms with van der Waals surface area (Å²) in [6, 6.07) is 17.7. The van der Waals surface area contributed by atoms with Crippen molar-refractivity contribution < 1.29 is 9.59 Å². The predicted molar refractivity (Wildman–Crippen MR) is 104 cm³/mol. The van der Waals surface area contributed by atoms with Gasteiger partial charge in [0.1, 0.15) is 11.4 Å². The van der Waals surface area contributed by atoms with Crippen LogP contribution in [-0.4, -0.2) is 34.6 Å². The first-order valence-corrected chi connectivity index (χ1v) is 10.1. The third-order valence-electron chi connectivity index (χ3n) is 5.09. The molecule has 4 nitrogen and oxygen atoms in total. The van der Waals surface area contributed by atoms with Crippen molar-refractivity contribution >= 4 is 23.6 Å². The molecule has 5 heteroatoms. The second-order valence-electron chi connectivity index (χ2n) is 6.94. The molecule has 1 fully saturated rings. The number of thioether (sulfide) groups is 1. The Bertz CT molecular complexity index is 824. The Hall–Kier alpha value is -2.27. The highest BCUT2D eigenvalue weighted by Gasteiger charge is 2.48. The van der Waals surface area contributed by atoms with Gasteiger partial charge in [0.2, 0.25) is 5.91 Å². The van der Waals surface area contributed by atoms with Crippen LogP contribution >= 0.6 is 11.8 Å². The molecule has 2 aromatic carbocycles. The fourth-order valence-electron chi connectivity index (χ4n) is 3.68. The normalized spacial score (nSPS) is 22.0. The van der Waals surface area contributed by atoms with Crippen LogP contribution in [0, 0.1) is 0 Å². The van der Waals surface area contributed by atoms with Crippen LogP contribution in [0.5, 0.6) is 0 Å². The van der Waals surface area contributed by atoms with Crippen molar-refractivity contribution in [1.29, 1.82) is 0 Å². The Morgan fingerprint density at radius 3 is 2.73 bits per heavy atom. The van der Waals surface area contributed by atoms with Crippen LogP contribution in [0.4, 0.5) is 0 Å². The van der Waals surface area contributed by atoms with Gasteiger partial charge in [0.25, 0.3) is 5.91 Å². The maximum absolute atomic E-state index is 12.8. The smallest absolute Gasteiger partial charge is 0.256 e. The molecule has 26 heavy (non-hydrogen) atoms. The molecule has 2 aliphatic heterocycles. The van der Waals surface area contributed by atoms with Crippen molar-refractivity contribution in [1.82, 2.24) is 10.2 Å². The lowest BCUT2D eigenvalue weighted by Crippen LogP contribution is -2.48. The summed E-state index contributed by atoms with van der Waals surface area (Å²) in [4.78, 5) is 27.3. The topological polar surface area (TPSA) is 49.4 Å². The molecule has 0 aromatic heterocycles. The Balaban J connectivity index is 1.38. The highest BCUT2D eigenvalue weighted by atomic mass is 32.2. The third-order valence-corrected chi connectivity index (χ3v) is 6.40. The minimum atomic E-state index is -0.385. The zero-order valence-electron chi connectivity index (χ0n) is 14.7. The standard InChI is InChI=1S/C21H22N2O2S/c1-14(11-12-15-7-3-2-4-8-15)22-19(24)18-13-26-21-17-10-6-5-9-16(17)20(25)23(18)21/h2-10,14,18,21H,11-13H2,1H3,(H,22,24)/t14-,18+,21+/m1/s1. The molecule has 2 aromatic rings. The Morgan fingerprint density at radius 1 is 1.19 bits per heavy atom. The van der Waals surface area contributed by atoms with Gasteiger partial charge in [0.15, 0.2) is 0 Å². The number of benzene rings is 2. The van der Waals surface area contributed by atoms with Crippen LogP contribution < -0.4 is 5.32 Å². The van der Waals surface area contributed by atoms with Crippen LogP contribution in [-0.2, 0) is 11.2 Å². The van der Waals surface area contributed by atoms with E-state index >= 15 is 0 Å². The molecule has 0 spiro atoms. The second kappa shape index (κ2) is 7.16. The van der Waals surface area contributed by atoms with Gasteiger partial charge in [-0.2, -0.15) is 0 Å². The number of aryl methyl sites for hydroxylation is 1. The summed E-state index contributed by atoms with van der Waals surface area (Å²) in [5, 5.41) is 3.09. The van der Waals surface area contributed by atoms with Crippen molar-refractivity contribution in [3.8, 4) is 0 Å². The van der Waals surface area contributed by atoms with E-state index in [-0.39, 0.29) is 29.3 Å². The average Bonchev–Trinajstić information content (AvgIpc) is 3.22. The first-order valence-electron chi connectivity index (χ1n) is 9.02. The summed E-state index contributed by atoms with van der Waals surface area (Å²) in [7, 11) is 0. The molecule has 0 bridgehead atoms. The minimum absolute atomic E-state index is 0.0194. The Morgan fingerprint density at radius 2 is 1.92 bits per heavy atom. The number of fused-ring (bicyclic) bond motifs is 3. The highest BCUT2D eigenvalue weighted by Crippen LogP contribution is 2.48.